The van der Waals surface area contributed by atoms with Gasteiger partial charge in [0, 0.05) is 38.4 Å². The third-order valence-corrected chi connectivity index (χ3v) is 2.69. The Morgan fingerprint density at radius 1 is 1.24 bits per heavy atom. The first-order chi connectivity index (χ1) is 10.2. The van der Waals surface area contributed by atoms with Crippen LogP contribution < -0.4 is 16.4 Å². The lowest BCUT2D eigenvalue weighted by molar-refractivity contribution is 0.0954. The van der Waals surface area contributed by atoms with E-state index < -0.39 is 0 Å². The average molecular weight is 292 g/mol. The summed E-state index contributed by atoms with van der Waals surface area (Å²) in [6.07, 6.45) is 0.848. The van der Waals surface area contributed by atoms with Crippen LogP contribution in [0.15, 0.2) is 35.3 Å². The van der Waals surface area contributed by atoms with Crippen molar-refractivity contribution in [3.05, 3.63) is 35.9 Å². The van der Waals surface area contributed by atoms with Crippen molar-refractivity contribution < 1.29 is 9.53 Å². The number of amides is 1. The Balaban J connectivity index is 2.10. The zero-order valence-electron chi connectivity index (χ0n) is 12.5. The molecule has 21 heavy (non-hydrogen) atoms. The maximum Gasteiger partial charge on any atom is 0.251 e. The topological polar surface area (TPSA) is 88.7 Å². The van der Waals surface area contributed by atoms with Crippen molar-refractivity contribution in [3.63, 3.8) is 0 Å². The lowest BCUT2D eigenvalue weighted by Gasteiger charge is -2.07. The summed E-state index contributed by atoms with van der Waals surface area (Å²) in [5, 5.41) is 5.76. The molecule has 0 aliphatic rings. The summed E-state index contributed by atoms with van der Waals surface area (Å²) < 4.78 is 5.20. The van der Waals surface area contributed by atoms with E-state index in [1.54, 1.807) is 12.1 Å². The molecule has 0 heterocycles. The van der Waals surface area contributed by atoms with Gasteiger partial charge in [-0.15, -0.1) is 0 Å². The summed E-state index contributed by atoms with van der Waals surface area (Å²) in [5.41, 5.74) is 6.35. The minimum absolute atomic E-state index is 0.0929. The molecule has 1 aromatic carbocycles. The van der Waals surface area contributed by atoms with E-state index >= 15 is 0 Å². The van der Waals surface area contributed by atoms with Crippen LogP contribution >= 0.6 is 0 Å². The lowest BCUT2D eigenvalue weighted by Crippen LogP contribution is -2.38. The maximum atomic E-state index is 11.7. The van der Waals surface area contributed by atoms with Crippen LogP contribution in [0, 0.1) is 0 Å². The summed E-state index contributed by atoms with van der Waals surface area (Å²) in [7, 11) is 0. The number of aliphatic imine (C=N–C) groups is 1. The van der Waals surface area contributed by atoms with Crippen LogP contribution in [-0.2, 0) is 4.74 Å². The largest absolute Gasteiger partial charge is 0.382 e. The monoisotopic (exact) mass is 292 g/mol. The highest BCUT2D eigenvalue weighted by Gasteiger charge is 2.02. The second-order valence-corrected chi connectivity index (χ2v) is 4.37. The standard InChI is InChI=1S/C15H24N4O2/c1-2-21-12-6-9-18-15(16)19-11-10-17-14(20)13-7-4-3-5-8-13/h3-5,7-8H,2,6,9-12H2,1H3,(H,17,20)(H3,16,18,19). The van der Waals surface area contributed by atoms with Gasteiger partial charge >= 0.3 is 0 Å². The summed E-state index contributed by atoms with van der Waals surface area (Å²) in [5.74, 6) is 0.296. The molecule has 0 aliphatic heterocycles. The van der Waals surface area contributed by atoms with Gasteiger partial charge in [-0.25, -0.2) is 0 Å². The zero-order valence-corrected chi connectivity index (χ0v) is 12.5. The number of nitrogens with zero attached hydrogens (tertiary/aromatic N) is 1. The van der Waals surface area contributed by atoms with Crippen molar-refractivity contribution in [2.45, 2.75) is 13.3 Å². The Bertz CT molecular complexity index is 435. The van der Waals surface area contributed by atoms with Crippen LogP contribution in [0.2, 0.25) is 0 Å². The fourth-order valence-electron chi connectivity index (χ4n) is 1.62. The Hall–Kier alpha value is -2.08. The number of hydrogen-bond acceptors (Lipinski definition) is 3. The van der Waals surface area contributed by atoms with E-state index in [0.29, 0.717) is 37.8 Å². The van der Waals surface area contributed by atoms with Gasteiger partial charge in [0.15, 0.2) is 5.96 Å². The van der Waals surface area contributed by atoms with Gasteiger partial charge in [-0.1, -0.05) is 18.2 Å². The van der Waals surface area contributed by atoms with E-state index in [-0.39, 0.29) is 5.91 Å². The van der Waals surface area contributed by atoms with E-state index in [9.17, 15) is 4.79 Å². The van der Waals surface area contributed by atoms with E-state index in [2.05, 4.69) is 15.6 Å². The maximum absolute atomic E-state index is 11.7. The number of guanidine groups is 1. The minimum Gasteiger partial charge on any atom is -0.382 e. The van der Waals surface area contributed by atoms with Crippen molar-refractivity contribution >= 4 is 11.9 Å². The molecule has 0 bridgehead atoms. The first-order valence-corrected chi connectivity index (χ1v) is 7.18. The highest BCUT2D eigenvalue weighted by molar-refractivity contribution is 5.94. The number of carbonyl (C=O) groups is 1. The molecule has 116 valence electrons. The molecule has 6 heteroatoms. The average Bonchev–Trinajstić information content (AvgIpc) is 2.52. The molecule has 0 unspecified atom stereocenters. The quantitative estimate of drug-likeness (QED) is 0.356. The molecule has 0 aliphatic carbocycles. The van der Waals surface area contributed by atoms with E-state index in [0.717, 1.165) is 13.0 Å². The molecular formula is C15H24N4O2. The van der Waals surface area contributed by atoms with Crippen molar-refractivity contribution in [1.82, 2.24) is 10.6 Å². The molecule has 0 radical (unpaired) electrons. The Morgan fingerprint density at radius 3 is 2.67 bits per heavy atom. The highest BCUT2D eigenvalue weighted by Crippen LogP contribution is 1.96. The number of nitrogens with two attached hydrogens (primary N) is 1. The first-order valence-electron chi connectivity index (χ1n) is 7.18. The molecular weight excluding hydrogens is 268 g/mol. The molecule has 0 saturated carbocycles. The number of hydrogen-bond donors (Lipinski definition) is 3. The predicted molar refractivity (Wildman–Crippen MR) is 84.4 cm³/mol. The van der Waals surface area contributed by atoms with E-state index in [1.165, 1.54) is 0 Å². The fraction of sp³-hybridized carbons (Fsp3) is 0.467. The number of nitrogens with one attached hydrogen (secondary N) is 2. The van der Waals surface area contributed by atoms with Crippen molar-refractivity contribution in [2.24, 2.45) is 10.7 Å². The van der Waals surface area contributed by atoms with Crippen LogP contribution in [0.25, 0.3) is 0 Å². The van der Waals surface area contributed by atoms with Gasteiger partial charge < -0.3 is 21.1 Å². The fourth-order valence-corrected chi connectivity index (χ4v) is 1.62. The summed E-state index contributed by atoms with van der Waals surface area (Å²) >= 11 is 0. The molecule has 0 aromatic heterocycles. The molecule has 1 rings (SSSR count). The third kappa shape index (κ3) is 7.94. The molecule has 0 saturated heterocycles. The SMILES string of the molecule is CCOCCCN=C(N)NCCNC(=O)c1ccccc1. The van der Waals surface area contributed by atoms with Crippen molar-refractivity contribution in [3.8, 4) is 0 Å². The summed E-state index contributed by atoms with van der Waals surface area (Å²) in [6.45, 7) is 5.04. The van der Waals surface area contributed by atoms with Crippen LogP contribution in [0.1, 0.15) is 23.7 Å². The molecule has 4 N–H and O–H groups in total. The molecule has 1 aromatic rings. The van der Waals surface area contributed by atoms with E-state index in [1.807, 2.05) is 25.1 Å². The molecule has 0 fully saturated rings. The summed E-state index contributed by atoms with van der Waals surface area (Å²) in [4.78, 5) is 15.9. The molecule has 1 amide bonds. The van der Waals surface area contributed by atoms with Gasteiger partial charge in [-0.3, -0.25) is 9.79 Å². The van der Waals surface area contributed by atoms with Gasteiger partial charge in [-0.2, -0.15) is 0 Å². The number of ether oxygens (including phenoxy) is 1. The van der Waals surface area contributed by atoms with Crippen molar-refractivity contribution in [1.29, 1.82) is 0 Å². The Morgan fingerprint density at radius 2 is 1.95 bits per heavy atom. The molecule has 6 nitrogen and oxygen atoms in total. The lowest BCUT2D eigenvalue weighted by atomic mass is 10.2. The number of carbonyl (C=O) groups excluding carboxylic acids is 1. The number of benzene rings is 1. The second kappa shape index (κ2) is 10.7. The Labute approximate surface area is 125 Å². The second-order valence-electron chi connectivity index (χ2n) is 4.37. The molecule has 0 atom stereocenters. The first kappa shape index (κ1) is 17.0. The Kier molecular flexibility index (Phi) is 8.63. The molecule has 0 spiro atoms. The summed E-state index contributed by atoms with van der Waals surface area (Å²) in [6, 6.07) is 9.09. The van der Waals surface area contributed by atoms with Gasteiger partial charge in [-0.05, 0) is 25.5 Å². The zero-order chi connectivity index (χ0) is 15.3. The smallest absolute Gasteiger partial charge is 0.251 e. The highest BCUT2D eigenvalue weighted by atomic mass is 16.5. The number of rotatable bonds is 9. The van der Waals surface area contributed by atoms with Crippen LogP contribution in [-0.4, -0.2) is 44.7 Å². The van der Waals surface area contributed by atoms with Crippen molar-refractivity contribution in [2.75, 3.05) is 32.8 Å². The normalized spacial score (nSPS) is 11.2. The van der Waals surface area contributed by atoms with Crippen LogP contribution in [0.3, 0.4) is 0 Å². The third-order valence-electron chi connectivity index (χ3n) is 2.69. The van der Waals surface area contributed by atoms with Gasteiger partial charge in [0.25, 0.3) is 5.91 Å². The predicted octanol–water partition coefficient (Wildman–Crippen LogP) is 0.747. The van der Waals surface area contributed by atoms with Gasteiger partial charge in [0.1, 0.15) is 0 Å². The van der Waals surface area contributed by atoms with Crippen LogP contribution in [0.5, 0.6) is 0 Å². The van der Waals surface area contributed by atoms with Gasteiger partial charge in [0.05, 0.1) is 0 Å². The minimum atomic E-state index is -0.0929. The van der Waals surface area contributed by atoms with Crippen LogP contribution in [0.4, 0.5) is 0 Å². The van der Waals surface area contributed by atoms with Gasteiger partial charge in [0.2, 0.25) is 0 Å². The van der Waals surface area contributed by atoms with E-state index in [4.69, 9.17) is 10.5 Å².